The lowest BCUT2D eigenvalue weighted by Gasteiger charge is -2.21. The van der Waals surface area contributed by atoms with Gasteiger partial charge in [0.25, 0.3) is 0 Å². The topological polar surface area (TPSA) is 237 Å². The van der Waals surface area contributed by atoms with Gasteiger partial charge in [-0.2, -0.15) is 0 Å². The summed E-state index contributed by atoms with van der Waals surface area (Å²) in [4.78, 5) is 72.5. The van der Waals surface area contributed by atoms with Crippen molar-refractivity contribution in [3.63, 3.8) is 0 Å². The van der Waals surface area contributed by atoms with Crippen molar-refractivity contribution in [1.29, 1.82) is 0 Å². The molecule has 0 aromatic carbocycles. The van der Waals surface area contributed by atoms with Crippen molar-refractivity contribution in [2.45, 2.75) is 400 Å². The van der Waals surface area contributed by atoms with Crippen molar-refractivity contribution in [3.05, 3.63) is 0 Å². The van der Waals surface area contributed by atoms with E-state index in [1.165, 1.54) is 199 Å². The zero-order valence-electron chi connectivity index (χ0n) is 59.7. The third kappa shape index (κ3) is 66.7. The molecule has 3 N–H and O–H groups in total. The molecule has 19 heteroatoms. The minimum Gasteiger partial charge on any atom is -0.462 e. The fourth-order valence-electron chi connectivity index (χ4n) is 11.2. The zero-order valence-corrected chi connectivity index (χ0v) is 61.5. The van der Waals surface area contributed by atoms with E-state index in [-0.39, 0.29) is 25.7 Å². The third-order valence-electron chi connectivity index (χ3n) is 17.0. The molecule has 0 saturated carbocycles. The largest absolute Gasteiger partial charge is 0.472 e. The maximum absolute atomic E-state index is 13.1. The van der Waals surface area contributed by atoms with Gasteiger partial charge < -0.3 is 33.8 Å². The number of rotatable bonds is 73. The molecule has 546 valence electrons. The standard InChI is InChI=1S/C73H142O17P2/c1-6-9-12-15-18-21-23-25-26-27-28-29-30-31-32-33-35-37-39-42-48-53-58-72(77)89-68(62-84-71(76)57-52-47-41-38-36-34-24-22-19-16-13-10-7-2)64-87-91(79,80)85-60-67(74)61-86-92(81,82)88-65-69(63-83-70(75)56-51-46-40-20-17-14-11-8-3)90-73(78)59-54-49-44-43-45-50-55-66(4)5/h66-69,74H,6-65H2,1-5H3,(H,79,80)(H,81,82)/t67-,68-,69-/m1/s1. The molecule has 0 aliphatic carbocycles. The Balaban J connectivity index is 5.13. The molecule has 17 nitrogen and oxygen atoms in total. The molecule has 0 fully saturated rings. The van der Waals surface area contributed by atoms with Gasteiger partial charge in [0, 0.05) is 25.7 Å². The van der Waals surface area contributed by atoms with Crippen LogP contribution in [0.2, 0.25) is 0 Å². The molecule has 0 amide bonds. The van der Waals surface area contributed by atoms with Gasteiger partial charge in [-0.25, -0.2) is 9.13 Å². The van der Waals surface area contributed by atoms with Crippen LogP contribution in [0.25, 0.3) is 0 Å². The number of esters is 4. The lowest BCUT2D eigenvalue weighted by molar-refractivity contribution is -0.161. The van der Waals surface area contributed by atoms with Crippen LogP contribution in [0.1, 0.15) is 381 Å². The predicted octanol–water partition coefficient (Wildman–Crippen LogP) is 21.3. The van der Waals surface area contributed by atoms with Crippen LogP contribution in [-0.4, -0.2) is 96.7 Å². The fourth-order valence-corrected chi connectivity index (χ4v) is 12.8. The summed E-state index contributed by atoms with van der Waals surface area (Å²) in [7, 11) is -9.90. The van der Waals surface area contributed by atoms with E-state index in [0.717, 1.165) is 96.3 Å². The Bertz CT molecular complexity index is 1770. The van der Waals surface area contributed by atoms with Gasteiger partial charge in [-0.3, -0.25) is 37.3 Å². The molecule has 0 rings (SSSR count). The van der Waals surface area contributed by atoms with E-state index in [4.69, 9.17) is 37.0 Å². The zero-order chi connectivity index (χ0) is 67.7. The van der Waals surface area contributed by atoms with E-state index in [0.29, 0.717) is 31.6 Å². The summed E-state index contributed by atoms with van der Waals surface area (Å²) in [5.74, 6) is -1.46. The second-order valence-corrected chi connectivity index (χ2v) is 29.7. The number of phosphoric acid groups is 2. The summed E-state index contributed by atoms with van der Waals surface area (Å²) in [6.45, 7) is 7.14. The van der Waals surface area contributed by atoms with E-state index in [1.54, 1.807) is 0 Å². The molecule has 92 heavy (non-hydrogen) atoms. The molecular formula is C73H142O17P2. The van der Waals surface area contributed by atoms with Crippen LogP contribution >= 0.6 is 15.6 Å². The molecule has 0 spiro atoms. The molecule has 0 aromatic rings. The molecular weight excluding hydrogens is 1210 g/mol. The number of carbonyl (C=O) groups excluding carboxylic acids is 4. The molecule has 0 aromatic heterocycles. The minimum atomic E-state index is -4.95. The second-order valence-electron chi connectivity index (χ2n) is 26.8. The van der Waals surface area contributed by atoms with Crippen molar-refractivity contribution >= 4 is 39.5 Å². The van der Waals surface area contributed by atoms with Crippen LogP contribution in [0.5, 0.6) is 0 Å². The highest BCUT2D eigenvalue weighted by molar-refractivity contribution is 7.47. The van der Waals surface area contributed by atoms with Crippen molar-refractivity contribution < 1.29 is 80.2 Å². The van der Waals surface area contributed by atoms with Crippen molar-refractivity contribution in [2.75, 3.05) is 39.6 Å². The second kappa shape index (κ2) is 66.3. The molecule has 0 radical (unpaired) electrons. The van der Waals surface area contributed by atoms with E-state index in [9.17, 15) is 43.2 Å². The van der Waals surface area contributed by atoms with E-state index in [1.807, 2.05) is 0 Å². The summed E-state index contributed by atoms with van der Waals surface area (Å²) in [5.41, 5.74) is 0. The van der Waals surface area contributed by atoms with Gasteiger partial charge in [-0.1, -0.05) is 330 Å². The highest BCUT2D eigenvalue weighted by Gasteiger charge is 2.30. The van der Waals surface area contributed by atoms with Gasteiger partial charge in [0.15, 0.2) is 12.2 Å². The van der Waals surface area contributed by atoms with Crippen molar-refractivity contribution in [1.82, 2.24) is 0 Å². The van der Waals surface area contributed by atoms with Gasteiger partial charge in [-0.05, 0) is 31.6 Å². The monoisotopic (exact) mass is 1350 g/mol. The third-order valence-corrected chi connectivity index (χ3v) is 18.9. The molecule has 0 bridgehead atoms. The average Bonchev–Trinajstić information content (AvgIpc) is 1.54. The normalized spacial score (nSPS) is 14.0. The molecule has 0 heterocycles. The Morgan fingerprint density at radius 3 is 0.739 bits per heavy atom. The molecule has 5 atom stereocenters. The van der Waals surface area contributed by atoms with Crippen LogP contribution < -0.4 is 0 Å². The quantitative estimate of drug-likeness (QED) is 0.0222. The van der Waals surface area contributed by atoms with E-state index >= 15 is 0 Å². The van der Waals surface area contributed by atoms with E-state index < -0.39 is 97.5 Å². The Labute approximate surface area is 562 Å². The first-order valence-corrected chi connectivity index (χ1v) is 41.1. The first kappa shape index (κ1) is 90.1. The molecule has 0 saturated heterocycles. The van der Waals surface area contributed by atoms with Crippen LogP contribution in [0.3, 0.4) is 0 Å². The van der Waals surface area contributed by atoms with Gasteiger partial charge in [0.05, 0.1) is 26.4 Å². The van der Waals surface area contributed by atoms with Gasteiger partial charge in [-0.15, -0.1) is 0 Å². The Morgan fingerprint density at radius 1 is 0.293 bits per heavy atom. The summed E-state index contributed by atoms with van der Waals surface area (Å²) in [5, 5.41) is 10.6. The van der Waals surface area contributed by atoms with Gasteiger partial charge in [0.1, 0.15) is 19.3 Å². The number of ether oxygens (including phenoxy) is 4. The van der Waals surface area contributed by atoms with E-state index in [2.05, 4.69) is 34.6 Å². The number of aliphatic hydroxyl groups excluding tert-OH is 1. The molecule has 2 unspecified atom stereocenters. The number of hydrogen-bond acceptors (Lipinski definition) is 15. The SMILES string of the molecule is CCCCCCCCCCCCCCCCCCCCCCCCC(=O)O[C@H](COC(=O)CCCCCCCCCCCCCCC)COP(=O)(O)OC[C@@H](O)COP(=O)(O)OC[C@@H](COC(=O)CCCCCCCCCC)OC(=O)CCCCCCCCC(C)C. The smallest absolute Gasteiger partial charge is 0.462 e. The number of hydrogen-bond donors (Lipinski definition) is 3. The first-order chi connectivity index (χ1) is 44.5. The predicted molar refractivity (Wildman–Crippen MR) is 372 cm³/mol. The minimum absolute atomic E-state index is 0.102. The fraction of sp³-hybridized carbons (Fsp3) is 0.945. The summed E-state index contributed by atoms with van der Waals surface area (Å²) >= 11 is 0. The number of carbonyl (C=O) groups is 4. The summed E-state index contributed by atoms with van der Waals surface area (Å²) < 4.78 is 68.2. The Kier molecular flexibility index (Phi) is 64.9. The maximum atomic E-state index is 13.1. The molecule has 0 aliphatic heterocycles. The van der Waals surface area contributed by atoms with Crippen molar-refractivity contribution in [2.24, 2.45) is 5.92 Å². The number of phosphoric ester groups is 2. The average molecular weight is 1350 g/mol. The van der Waals surface area contributed by atoms with Crippen LogP contribution in [0.4, 0.5) is 0 Å². The highest BCUT2D eigenvalue weighted by Crippen LogP contribution is 2.45. The Morgan fingerprint density at radius 2 is 0.500 bits per heavy atom. The number of unbranched alkanes of at least 4 members (excludes halogenated alkanes) is 45. The first-order valence-electron chi connectivity index (χ1n) is 38.1. The van der Waals surface area contributed by atoms with Crippen molar-refractivity contribution in [3.8, 4) is 0 Å². The lowest BCUT2D eigenvalue weighted by atomic mass is 10.0. The van der Waals surface area contributed by atoms with Crippen LogP contribution in [0, 0.1) is 5.92 Å². The van der Waals surface area contributed by atoms with Gasteiger partial charge >= 0.3 is 39.5 Å². The van der Waals surface area contributed by atoms with Gasteiger partial charge in [0.2, 0.25) is 0 Å². The molecule has 0 aliphatic rings. The maximum Gasteiger partial charge on any atom is 0.472 e. The van der Waals surface area contributed by atoms with Crippen LogP contribution in [-0.2, 0) is 65.4 Å². The lowest BCUT2D eigenvalue weighted by Crippen LogP contribution is -2.30. The Hall–Kier alpha value is -1.94. The summed E-state index contributed by atoms with van der Waals surface area (Å²) in [6, 6.07) is 0. The van der Waals surface area contributed by atoms with Crippen LogP contribution in [0.15, 0.2) is 0 Å². The highest BCUT2D eigenvalue weighted by atomic mass is 31.2. The summed E-state index contributed by atoms with van der Waals surface area (Å²) in [6.07, 6.45) is 54.6. The number of aliphatic hydroxyl groups is 1.